The molecule has 0 bridgehead atoms. The van der Waals surface area contributed by atoms with E-state index >= 15 is 0 Å². The summed E-state index contributed by atoms with van der Waals surface area (Å²) in [6, 6.07) is 35.2. The molecule has 0 spiro atoms. The highest BCUT2D eigenvalue weighted by atomic mass is 16.6. The van der Waals surface area contributed by atoms with Crippen LogP contribution < -0.4 is 0 Å². The zero-order chi connectivity index (χ0) is 85.1. The minimum absolute atomic E-state index is 0. The molecule has 0 aliphatic heterocycles. The van der Waals surface area contributed by atoms with Gasteiger partial charge in [-0.15, -0.1) is 0 Å². The molecule has 0 saturated carbocycles. The molecule has 4 amide bonds. The SMILES string of the molecule is C.CC[C@@H](C)[C@@H](OC(=O)[C@H](Cc1ccc(C)cc1)N(C)C)C(=O)C[C@H](C(=O)N(C)[C@H](Cc1ccc(O)cc1)C(=O)N(C)[C@H](Cc1ccc(O)cc1)C(=O)OC)C(C)C.CC[C@@H](C)[C@H](OC(=O)[C@H](Cc1ccc(C)cc1)N(C)C)C(=O)C[C@@H](C(=O)N(C)[C@H](Cc1ccc(O)cc1)C(=O)N(C)[C@H](Cc1ccc(O)cc1)C(=O)OC)C(C)C. The summed E-state index contributed by atoms with van der Waals surface area (Å²) < 4.78 is 22.2. The molecule has 0 aromatic heterocycles. The van der Waals surface area contributed by atoms with Crippen LogP contribution in [0.25, 0.3) is 0 Å². The first-order chi connectivity index (χ1) is 53.7. The number of nitrogens with zero attached hydrogens (tertiary/aromatic N) is 6. The van der Waals surface area contributed by atoms with Crippen LogP contribution in [0.15, 0.2) is 146 Å². The zero-order valence-corrected chi connectivity index (χ0v) is 70.2. The van der Waals surface area contributed by atoms with E-state index in [2.05, 4.69) is 0 Å². The molecular formula is C91H126N6O18. The molecule has 115 heavy (non-hydrogen) atoms. The third-order valence-electron chi connectivity index (χ3n) is 21.7. The van der Waals surface area contributed by atoms with Gasteiger partial charge in [0.05, 0.1) is 14.2 Å². The summed E-state index contributed by atoms with van der Waals surface area (Å²) in [7, 11) is 15.6. The maximum absolute atomic E-state index is 14.6. The lowest BCUT2D eigenvalue weighted by atomic mass is 9.85. The van der Waals surface area contributed by atoms with Gasteiger partial charge in [-0.25, -0.2) is 9.59 Å². The molecule has 24 nitrogen and oxygen atoms in total. The maximum Gasteiger partial charge on any atom is 0.328 e. The lowest BCUT2D eigenvalue weighted by molar-refractivity contribution is -0.164. The summed E-state index contributed by atoms with van der Waals surface area (Å²) in [6.45, 7) is 18.8. The molecular weight excluding hydrogens is 1470 g/mol. The van der Waals surface area contributed by atoms with Crippen molar-refractivity contribution in [1.29, 1.82) is 0 Å². The lowest BCUT2D eigenvalue weighted by Gasteiger charge is -2.36. The van der Waals surface area contributed by atoms with Crippen molar-refractivity contribution in [3.8, 4) is 23.0 Å². The molecule has 0 heterocycles. The van der Waals surface area contributed by atoms with Gasteiger partial charge < -0.3 is 59.0 Å². The fourth-order valence-electron chi connectivity index (χ4n) is 13.4. The van der Waals surface area contributed by atoms with Crippen LogP contribution in [0.3, 0.4) is 0 Å². The van der Waals surface area contributed by atoms with Crippen LogP contribution in [-0.4, -0.2) is 228 Å². The summed E-state index contributed by atoms with van der Waals surface area (Å²) >= 11 is 0. The number of methoxy groups -OCH3 is 2. The lowest BCUT2D eigenvalue weighted by Crippen LogP contribution is -2.55. The van der Waals surface area contributed by atoms with Crippen LogP contribution in [0, 0.1) is 49.4 Å². The summed E-state index contributed by atoms with van der Waals surface area (Å²) in [6.07, 6.45) is -0.517. The van der Waals surface area contributed by atoms with Gasteiger partial charge in [0.15, 0.2) is 23.8 Å². The van der Waals surface area contributed by atoms with E-state index in [-0.39, 0.29) is 104 Å². The second-order valence-electron chi connectivity index (χ2n) is 31.3. The summed E-state index contributed by atoms with van der Waals surface area (Å²) in [5, 5.41) is 39.4. The number of rotatable bonds is 40. The smallest absolute Gasteiger partial charge is 0.328 e. The number of ether oxygens (including phenoxy) is 4. The molecule has 0 aliphatic carbocycles. The highest BCUT2D eigenvalue weighted by Gasteiger charge is 2.44. The average molecular weight is 1590 g/mol. The van der Waals surface area contributed by atoms with Gasteiger partial charge in [-0.1, -0.05) is 171 Å². The first kappa shape index (κ1) is 96.9. The van der Waals surface area contributed by atoms with Gasteiger partial charge >= 0.3 is 23.9 Å². The summed E-state index contributed by atoms with van der Waals surface area (Å²) in [5.41, 5.74) is 6.75. The van der Waals surface area contributed by atoms with Crippen molar-refractivity contribution in [1.82, 2.24) is 29.4 Å². The van der Waals surface area contributed by atoms with Crippen molar-refractivity contribution < 1.29 is 87.3 Å². The molecule has 6 aromatic carbocycles. The van der Waals surface area contributed by atoms with Crippen LogP contribution >= 0.6 is 0 Å². The van der Waals surface area contributed by atoms with E-state index in [1.54, 1.807) is 86.5 Å². The Hall–Kier alpha value is -10.5. The maximum atomic E-state index is 14.6. The summed E-state index contributed by atoms with van der Waals surface area (Å²) in [4.78, 5) is 149. The normalized spacial score (nSPS) is 14.4. The number of aromatic hydroxyl groups is 4. The van der Waals surface area contributed by atoms with E-state index in [4.69, 9.17) is 18.9 Å². The van der Waals surface area contributed by atoms with Crippen molar-refractivity contribution in [3.05, 3.63) is 190 Å². The second kappa shape index (κ2) is 46.2. The van der Waals surface area contributed by atoms with Gasteiger partial charge in [0.2, 0.25) is 23.6 Å². The molecule has 0 saturated heterocycles. The molecule has 12 atom stereocenters. The number of phenolic OH excluding ortho intramolecular Hbond substituents is 4. The number of carbonyl (C=O) groups is 10. The zero-order valence-electron chi connectivity index (χ0n) is 70.2. The third kappa shape index (κ3) is 28.5. The molecule has 628 valence electrons. The monoisotopic (exact) mass is 1590 g/mol. The third-order valence-corrected chi connectivity index (χ3v) is 21.7. The number of likely N-dealkylation sites (N-methyl/N-ethyl adjacent to an activating group) is 6. The number of hydrogen-bond acceptors (Lipinski definition) is 20. The number of ketones is 2. The second-order valence-corrected chi connectivity index (χ2v) is 31.3. The minimum Gasteiger partial charge on any atom is -0.508 e. The van der Waals surface area contributed by atoms with Crippen LogP contribution in [0.5, 0.6) is 23.0 Å². The Morgan fingerprint density at radius 3 is 0.757 bits per heavy atom. The highest BCUT2D eigenvalue weighted by molar-refractivity contribution is 5.96. The number of carbonyl (C=O) groups excluding carboxylic acids is 10. The molecule has 24 heteroatoms. The molecule has 6 aromatic rings. The number of benzene rings is 6. The van der Waals surface area contributed by atoms with E-state index in [0.29, 0.717) is 47.9 Å². The van der Waals surface area contributed by atoms with Crippen LogP contribution in [0.1, 0.15) is 133 Å². The Morgan fingerprint density at radius 1 is 0.322 bits per heavy atom. The van der Waals surface area contributed by atoms with Crippen molar-refractivity contribution >= 4 is 59.1 Å². The number of Topliss-reactive ketones (excluding diaryl/α,β-unsaturated/α-hetero) is 2. The Morgan fingerprint density at radius 2 is 0.539 bits per heavy atom. The molecule has 0 unspecified atom stereocenters. The highest BCUT2D eigenvalue weighted by Crippen LogP contribution is 2.31. The predicted octanol–water partition coefficient (Wildman–Crippen LogP) is 11.4. The molecule has 0 fully saturated rings. The van der Waals surface area contributed by atoms with Crippen LogP contribution in [0.4, 0.5) is 0 Å². The molecule has 4 N–H and O–H groups in total. The summed E-state index contributed by atoms with van der Waals surface area (Å²) in [5.74, 6) is -8.09. The first-order valence-corrected chi connectivity index (χ1v) is 39.0. The quantitative estimate of drug-likeness (QED) is 0.0205. The van der Waals surface area contributed by atoms with E-state index in [1.807, 2.05) is 118 Å². The molecule has 6 rings (SSSR count). The molecule has 0 aliphatic rings. The Labute approximate surface area is 681 Å². The van der Waals surface area contributed by atoms with Gasteiger partial charge in [0.1, 0.15) is 59.2 Å². The average Bonchev–Trinajstić information content (AvgIpc) is 0.811. The van der Waals surface area contributed by atoms with Gasteiger partial charge in [0.25, 0.3) is 0 Å². The fourth-order valence-corrected chi connectivity index (χ4v) is 13.4. The Kier molecular flexibility index (Phi) is 38.9. The van der Waals surface area contributed by atoms with E-state index < -0.39 is 108 Å². The van der Waals surface area contributed by atoms with Gasteiger partial charge in [-0.2, -0.15) is 0 Å². The van der Waals surface area contributed by atoms with Crippen molar-refractivity contribution in [2.75, 3.05) is 70.6 Å². The van der Waals surface area contributed by atoms with Gasteiger partial charge in [-0.05, 0) is 161 Å². The van der Waals surface area contributed by atoms with Crippen LogP contribution in [0.2, 0.25) is 0 Å². The number of amides is 4. The van der Waals surface area contributed by atoms with Crippen molar-refractivity contribution in [2.45, 2.75) is 189 Å². The Bertz CT molecular complexity index is 3850. The largest absolute Gasteiger partial charge is 0.508 e. The topological polar surface area (TPSA) is 308 Å². The van der Waals surface area contributed by atoms with Gasteiger partial charge in [-0.3, -0.25) is 48.2 Å². The van der Waals surface area contributed by atoms with E-state index in [0.717, 1.165) is 22.3 Å². The molecule has 0 radical (unpaired) electrons. The fraction of sp³-hybridized carbons (Fsp3) is 0.495. The number of hydrogen-bond donors (Lipinski definition) is 4. The van der Waals surface area contributed by atoms with Crippen molar-refractivity contribution in [3.63, 3.8) is 0 Å². The Balaban J connectivity index is 0.000000480. The van der Waals surface area contributed by atoms with Crippen molar-refractivity contribution in [2.24, 2.45) is 35.5 Å². The number of aryl methyl sites for hydroxylation is 2. The van der Waals surface area contributed by atoms with E-state index in [9.17, 15) is 68.4 Å². The number of phenols is 4. The minimum atomic E-state index is -1.12. The van der Waals surface area contributed by atoms with E-state index in [1.165, 1.54) is 111 Å². The van der Waals surface area contributed by atoms with Crippen LogP contribution in [-0.2, 0) is 105 Å². The predicted molar refractivity (Wildman–Crippen MR) is 444 cm³/mol. The first-order valence-electron chi connectivity index (χ1n) is 39.0. The number of esters is 4. The van der Waals surface area contributed by atoms with Gasteiger partial charge in [0, 0.05) is 90.4 Å². The standard InChI is InChI=1S/2C45H61N3O9.CH4/c2*1-11-30(5)41(57-45(55)38(46(6)7)25-31-14-12-29(4)13-15-31)40(51)27-36(28(2)3)42(52)47(8)37(24-32-16-20-34(49)21-17-32)43(53)48(9)39(44(54)56-10)26-33-18-22-35(50)23-19-33;/h2*12-23,28,30,36-39,41,49-50H,11,24-27H2,1-10H3;1H4/t30-,36+,37-,38+,39-,41-;30-,36-,37-,38+,39-,41+;/m11./s1.